The summed E-state index contributed by atoms with van der Waals surface area (Å²) >= 11 is 3.56. The van der Waals surface area contributed by atoms with Gasteiger partial charge in [0.15, 0.2) is 5.17 Å². The van der Waals surface area contributed by atoms with Gasteiger partial charge in [-0.3, -0.25) is 4.99 Å². The van der Waals surface area contributed by atoms with E-state index in [2.05, 4.69) is 22.2 Å². The summed E-state index contributed by atoms with van der Waals surface area (Å²) < 4.78 is 0. The molecule has 1 saturated heterocycles. The normalized spacial score (nSPS) is 34.1. The highest BCUT2D eigenvalue weighted by molar-refractivity contribution is 8.14. The summed E-state index contributed by atoms with van der Waals surface area (Å²) in [6.45, 7) is 3.09. The first kappa shape index (κ1) is 12.5. The topological polar surface area (TPSA) is 37.3 Å². The van der Waals surface area contributed by atoms with E-state index in [1.54, 1.807) is 11.3 Å². The number of thiazole rings is 1. The number of nitrogens with one attached hydrogen (secondary N) is 1. The van der Waals surface area contributed by atoms with Gasteiger partial charge in [0.1, 0.15) is 5.01 Å². The number of amidine groups is 1. The van der Waals surface area contributed by atoms with Crippen molar-refractivity contribution in [3.05, 3.63) is 16.6 Å². The summed E-state index contributed by atoms with van der Waals surface area (Å²) in [5.74, 6) is 2.09. The molecule has 3 rings (SSSR count). The van der Waals surface area contributed by atoms with E-state index in [-0.39, 0.29) is 0 Å². The molecule has 1 aliphatic carbocycles. The van der Waals surface area contributed by atoms with Crippen LogP contribution >= 0.6 is 23.1 Å². The molecule has 1 saturated carbocycles. The van der Waals surface area contributed by atoms with Gasteiger partial charge in [0.05, 0.1) is 6.54 Å². The Bertz CT molecular complexity index is 419. The molecule has 0 aromatic carbocycles. The Kier molecular flexibility index (Phi) is 3.61. The molecule has 1 aliphatic heterocycles. The summed E-state index contributed by atoms with van der Waals surface area (Å²) in [7, 11) is 0. The Morgan fingerprint density at radius 1 is 1.50 bits per heavy atom. The zero-order valence-electron chi connectivity index (χ0n) is 10.7. The van der Waals surface area contributed by atoms with Crippen LogP contribution in [0, 0.1) is 5.92 Å². The number of hydrogen-bond donors (Lipinski definition) is 1. The van der Waals surface area contributed by atoms with Crippen LogP contribution in [0.2, 0.25) is 0 Å². The fraction of sp³-hybridized carbons (Fsp3) is 0.692. The molecule has 3 nitrogen and oxygen atoms in total. The van der Waals surface area contributed by atoms with Crippen LogP contribution in [-0.4, -0.2) is 21.4 Å². The second-order valence-electron chi connectivity index (χ2n) is 5.42. The highest BCUT2D eigenvalue weighted by Gasteiger charge is 2.39. The van der Waals surface area contributed by atoms with Crippen molar-refractivity contribution in [1.82, 2.24) is 10.3 Å². The standard InChI is InChI=1S/C13H19N3S2/c1-10-2-4-13(5-3-10)9-18-12(16-13)15-8-11-14-6-7-17-11/h6-7,10H,2-5,8-9H2,1H3,(H,15,16). The van der Waals surface area contributed by atoms with Crippen LogP contribution in [0.1, 0.15) is 37.6 Å². The molecule has 0 unspecified atom stereocenters. The average Bonchev–Trinajstić information content (AvgIpc) is 3.02. The van der Waals surface area contributed by atoms with Crippen molar-refractivity contribution in [3.8, 4) is 0 Å². The lowest BCUT2D eigenvalue weighted by Gasteiger charge is -2.35. The Balaban J connectivity index is 1.59. The Hall–Kier alpha value is -0.550. The van der Waals surface area contributed by atoms with Gasteiger partial charge in [0, 0.05) is 22.9 Å². The van der Waals surface area contributed by atoms with Crippen molar-refractivity contribution in [2.75, 3.05) is 5.75 Å². The number of thioether (sulfide) groups is 1. The molecule has 0 bridgehead atoms. The third kappa shape index (κ3) is 2.72. The van der Waals surface area contributed by atoms with E-state index in [1.165, 1.54) is 31.4 Å². The minimum atomic E-state index is 0.346. The summed E-state index contributed by atoms with van der Waals surface area (Å²) in [5.41, 5.74) is 0.346. The molecular weight excluding hydrogens is 262 g/mol. The molecule has 1 aromatic heterocycles. The summed E-state index contributed by atoms with van der Waals surface area (Å²) in [6, 6.07) is 0. The molecule has 2 aliphatic rings. The van der Waals surface area contributed by atoms with Gasteiger partial charge in [-0.1, -0.05) is 18.7 Å². The lowest BCUT2D eigenvalue weighted by molar-refractivity contribution is 0.251. The lowest BCUT2D eigenvalue weighted by Crippen LogP contribution is -2.46. The zero-order valence-corrected chi connectivity index (χ0v) is 12.3. The van der Waals surface area contributed by atoms with Crippen LogP contribution in [0.15, 0.2) is 16.6 Å². The van der Waals surface area contributed by atoms with Crippen LogP contribution in [0.5, 0.6) is 0 Å². The van der Waals surface area contributed by atoms with Crippen molar-refractivity contribution in [1.29, 1.82) is 0 Å². The number of hydrogen-bond acceptors (Lipinski definition) is 4. The predicted molar refractivity (Wildman–Crippen MR) is 79.2 cm³/mol. The number of aromatic nitrogens is 1. The van der Waals surface area contributed by atoms with Crippen molar-refractivity contribution < 1.29 is 0 Å². The van der Waals surface area contributed by atoms with Gasteiger partial charge in [-0.15, -0.1) is 11.3 Å². The average molecular weight is 281 g/mol. The van der Waals surface area contributed by atoms with Gasteiger partial charge in [0.25, 0.3) is 0 Å². The molecule has 1 N–H and O–H groups in total. The smallest absolute Gasteiger partial charge is 0.157 e. The van der Waals surface area contributed by atoms with E-state index in [0.29, 0.717) is 5.54 Å². The number of rotatable bonds is 2. The third-order valence-electron chi connectivity index (χ3n) is 3.93. The maximum absolute atomic E-state index is 4.65. The van der Waals surface area contributed by atoms with Crippen molar-refractivity contribution >= 4 is 28.3 Å². The molecule has 98 valence electrons. The molecule has 18 heavy (non-hydrogen) atoms. The van der Waals surface area contributed by atoms with Crippen LogP contribution in [0.25, 0.3) is 0 Å². The first-order chi connectivity index (χ1) is 8.76. The molecule has 1 spiro atoms. The second kappa shape index (κ2) is 5.21. The minimum Gasteiger partial charge on any atom is -0.359 e. The fourth-order valence-corrected chi connectivity index (χ4v) is 4.40. The SMILES string of the molecule is CC1CCC2(CC1)CSC(=NCc1nccs1)N2. The maximum atomic E-state index is 4.65. The lowest BCUT2D eigenvalue weighted by atomic mass is 9.78. The monoisotopic (exact) mass is 281 g/mol. The van der Waals surface area contributed by atoms with Crippen molar-refractivity contribution in [2.24, 2.45) is 10.9 Å². The van der Waals surface area contributed by atoms with Gasteiger partial charge in [-0.2, -0.15) is 0 Å². The highest BCUT2D eigenvalue weighted by atomic mass is 32.2. The van der Waals surface area contributed by atoms with Crippen LogP contribution in [0.4, 0.5) is 0 Å². The van der Waals surface area contributed by atoms with E-state index in [0.717, 1.165) is 22.6 Å². The molecule has 0 radical (unpaired) electrons. The highest BCUT2D eigenvalue weighted by Crippen LogP contribution is 2.38. The first-order valence-electron chi connectivity index (χ1n) is 6.60. The molecular formula is C13H19N3S2. The van der Waals surface area contributed by atoms with E-state index in [4.69, 9.17) is 0 Å². The Morgan fingerprint density at radius 2 is 2.33 bits per heavy atom. The molecule has 2 heterocycles. The molecule has 0 atom stereocenters. The van der Waals surface area contributed by atoms with Crippen LogP contribution in [0.3, 0.4) is 0 Å². The largest absolute Gasteiger partial charge is 0.359 e. The van der Waals surface area contributed by atoms with Gasteiger partial charge >= 0.3 is 0 Å². The van der Waals surface area contributed by atoms with E-state index in [9.17, 15) is 0 Å². The first-order valence-corrected chi connectivity index (χ1v) is 8.46. The van der Waals surface area contributed by atoms with Gasteiger partial charge in [-0.05, 0) is 31.6 Å². The predicted octanol–water partition coefficient (Wildman–Crippen LogP) is 3.28. The van der Waals surface area contributed by atoms with Crippen molar-refractivity contribution in [3.63, 3.8) is 0 Å². The Labute approximate surface area is 116 Å². The van der Waals surface area contributed by atoms with Crippen LogP contribution in [-0.2, 0) is 6.54 Å². The van der Waals surface area contributed by atoms with E-state index >= 15 is 0 Å². The number of aliphatic imine (C=N–C) groups is 1. The summed E-state index contributed by atoms with van der Waals surface area (Å²) in [4.78, 5) is 8.92. The van der Waals surface area contributed by atoms with Gasteiger partial charge in [0.2, 0.25) is 0 Å². The molecule has 1 aromatic rings. The minimum absolute atomic E-state index is 0.346. The van der Waals surface area contributed by atoms with Gasteiger partial charge in [-0.25, -0.2) is 4.98 Å². The van der Waals surface area contributed by atoms with E-state index < -0.39 is 0 Å². The van der Waals surface area contributed by atoms with E-state index in [1.807, 2.05) is 23.3 Å². The van der Waals surface area contributed by atoms with Crippen LogP contribution < -0.4 is 5.32 Å². The summed E-state index contributed by atoms with van der Waals surface area (Å²) in [5, 5.41) is 7.91. The molecule has 0 amide bonds. The maximum Gasteiger partial charge on any atom is 0.157 e. The third-order valence-corrected chi connectivity index (χ3v) is 5.90. The fourth-order valence-electron chi connectivity index (χ4n) is 2.65. The Morgan fingerprint density at radius 3 is 3.06 bits per heavy atom. The van der Waals surface area contributed by atoms with Crippen molar-refractivity contribution in [2.45, 2.75) is 44.7 Å². The quantitative estimate of drug-likeness (QED) is 0.904. The summed E-state index contributed by atoms with van der Waals surface area (Å²) in [6.07, 6.45) is 7.16. The second-order valence-corrected chi connectivity index (χ2v) is 7.37. The number of nitrogens with zero attached hydrogens (tertiary/aromatic N) is 2. The zero-order chi connectivity index (χ0) is 12.4. The van der Waals surface area contributed by atoms with Gasteiger partial charge < -0.3 is 5.32 Å². The molecule has 5 heteroatoms. The molecule has 2 fully saturated rings.